The Hall–Kier alpha value is -1.67. The molecule has 0 atom stereocenters. The Kier molecular flexibility index (Phi) is 3.17. The molecule has 0 aromatic carbocycles. The third-order valence-electron chi connectivity index (χ3n) is 1.17. The molecule has 0 amide bonds. The predicted molar refractivity (Wildman–Crippen MR) is 52.2 cm³/mol. The van der Waals surface area contributed by atoms with Gasteiger partial charge in [0.25, 0.3) is 0 Å². The highest BCUT2D eigenvalue weighted by atomic mass is 32.1. The molecule has 1 aromatic heterocycles. The first-order valence-corrected chi connectivity index (χ1v) is 3.83. The van der Waals surface area contributed by atoms with Crippen LogP contribution in [0.5, 0.6) is 5.88 Å². The summed E-state index contributed by atoms with van der Waals surface area (Å²) in [6, 6.07) is 0. The van der Waals surface area contributed by atoms with E-state index in [9.17, 15) is 0 Å². The van der Waals surface area contributed by atoms with E-state index in [4.69, 9.17) is 29.1 Å². The van der Waals surface area contributed by atoms with E-state index in [0.717, 1.165) is 0 Å². The molecule has 0 saturated heterocycles. The maximum Gasteiger partial charge on any atom is 0.233 e. The van der Waals surface area contributed by atoms with E-state index in [0.29, 0.717) is 11.6 Å². The lowest BCUT2D eigenvalue weighted by Crippen LogP contribution is -2.12. The molecule has 0 unspecified atom stereocenters. The zero-order chi connectivity index (χ0) is 9.68. The Labute approximate surface area is 81.1 Å². The van der Waals surface area contributed by atoms with Crippen LogP contribution in [0.4, 0.5) is 0 Å². The van der Waals surface area contributed by atoms with Gasteiger partial charge in [0.1, 0.15) is 10.7 Å². The van der Waals surface area contributed by atoms with E-state index in [1.54, 1.807) is 0 Å². The van der Waals surface area contributed by atoms with Gasteiger partial charge in [0.2, 0.25) is 5.88 Å². The molecule has 0 aliphatic carbocycles. The summed E-state index contributed by atoms with van der Waals surface area (Å²) in [5.74, 6) is 2.63. The van der Waals surface area contributed by atoms with Gasteiger partial charge >= 0.3 is 0 Å². The quantitative estimate of drug-likeness (QED) is 0.546. The first-order chi connectivity index (χ1) is 6.24. The van der Waals surface area contributed by atoms with Gasteiger partial charge in [-0.2, -0.15) is 0 Å². The van der Waals surface area contributed by atoms with Gasteiger partial charge in [-0.1, -0.05) is 18.1 Å². The van der Waals surface area contributed by atoms with E-state index in [1.165, 1.54) is 12.4 Å². The number of hydrogen-bond acceptors (Lipinski definition) is 4. The fraction of sp³-hybridized carbons (Fsp3) is 0.125. The molecule has 2 N–H and O–H groups in total. The molecule has 13 heavy (non-hydrogen) atoms. The molecular weight excluding hydrogens is 186 g/mol. The summed E-state index contributed by atoms with van der Waals surface area (Å²) in [5.41, 5.74) is 5.77. The molecule has 5 heteroatoms. The fourth-order valence-corrected chi connectivity index (χ4v) is 0.750. The van der Waals surface area contributed by atoms with Crippen molar-refractivity contribution in [2.75, 3.05) is 6.61 Å². The molecule has 1 aromatic rings. The van der Waals surface area contributed by atoms with Crippen molar-refractivity contribution in [1.82, 2.24) is 9.97 Å². The summed E-state index contributed by atoms with van der Waals surface area (Å²) >= 11 is 4.71. The average molecular weight is 193 g/mol. The summed E-state index contributed by atoms with van der Waals surface area (Å²) in [5, 5.41) is 0. The number of aromatic nitrogens is 2. The number of hydrogen-bond donors (Lipinski definition) is 1. The Morgan fingerprint density at radius 3 is 3.08 bits per heavy atom. The molecule has 1 rings (SSSR count). The van der Waals surface area contributed by atoms with E-state index < -0.39 is 0 Å². The number of thiocarbonyl (C=S) groups is 1. The molecule has 0 fully saturated rings. The average Bonchev–Trinajstić information content (AvgIpc) is 2.15. The Morgan fingerprint density at radius 1 is 1.69 bits per heavy atom. The second kappa shape index (κ2) is 4.38. The molecule has 0 aliphatic heterocycles. The summed E-state index contributed by atoms with van der Waals surface area (Å²) in [6.45, 7) is 0.148. The SMILES string of the molecule is C#CCOc1cncc(C(N)=S)n1. The van der Waals surface area contributed by atoms with Crippen LogP contribution in [0.15, 0.2) is 12.4 Å². The first-order valence-electron chi connectivity index (χ1n) is 3.42. The van der Waals surface area contributed by atoms with Crippen LogP contribution >= 0.6 is 12.2 Å². The van der Waals surface area contributed by atoms with Crippen LogP contribution in [0.25, 0.3) is 0 Å². The molecule has 0 radical (unpaired) electrons. The van der Waals surface area contributed by atoms with Crippen molar-refractivity contribution >= 4 is 17.2 Å². The largest absolute Gasteiger partial charge is 0.463 e. The van der Waals surface area contributed by atoms with Gasteiger partial charge in [0.05, 0.1) is 12.4 Å². The van der Waals surface area contributed by atoms with Crippen molar-refractivity contribution in [2.24, 2.45) is 5.73 Å². The van der Waals surface area contributed by atoms with Gasteiger partial charge < -0.3 is 10.5 Å². The summed E-state index contributed by atoms with van der Waals surface area (Å²) < 4.78 is 5.02. The Morgan fingerprint density at radius 2 is 2.46 bits per heavy atom. The lowest BCUT2D eigenvalue weighted by molar-refractivity contribution is 0.353. The van der Waals surface area contributed by atoms with E-state index in [2.05, 4.69) is 15.9 Å². The highest BCUT2D eigenvalue weighted by Crippen LogP contribution is 2.04. The van der Waals surface area contributed by atoms with Crippen LogP contribution in [-0.4, -0.2) is 21.6 Å². The molecule has 0 bridgehead atoms. The first kappa shape index (κ1) is 9.42. The van der Waals surface area contributed by atoms with Crippen LogP contribution in [0.2, 0.25) is 0 Å². The second-order valence-corrected chi connectivity index (χ2v) is 2.54. The van der Waals surface area contributed by atoms with Crippen molar-refractivity contribution in [3.05, 3.63) is 18.1 Å². The number of nitrogens with zero attached hydrogens (tertiary/aromatic N) is 2. The smallest absolute Gasteiger partial charge is 0.233 e. The highest BCUT2D eigenvalue weighted by Gasteiger charge is 2.00. The van der Waals surface area contributed by atoms with Gasteiger partial charge in [0, 0.05) is 0 Å². The van der Waals surface area contributed by atoms with Crippen molar-refractivity contribution in [3.63, 3.8) is 0 Å². The fourth-order valence-electron chi connectivity index (χ4n) is 0.652. The van der Waals surface area contributed by atoms with E-state index in [1.807, 2.05) is 0 Å². The minimum absolute atomic E-state index is 0.148. The van der Waals surface area contributed by atoms with Crippen LogP contribution in [0.3, 0.4) is 0 Å². The monoisotopic (exact) mass is 193 g/mol. The third-order valence-corrected chi connectivity index (χ3v) is 1.38. The molecular formula is C8H7N3OS. The predicted octanol–water partition coefficient (Wildman–Crippen LogP) is 0.123. The number of rotatable bonds is 3. The second-order valence-electron chi connectivity index (χ2n) is 2.10. The molecule has 66 valence electrons. The molecule has 4 nitrogen and oxygen atoms in total. The Balaban J connectivity index is 2.80. The van der Waals surface area contributed by atoms with Gasteiger partial charge in [0.15, 0.2) is 6.61 Å². The minimum Gasteiger partial charge on any atom is -0.463 e. The molecule has 0 saturated carbocycles. The van der Waals surface area contributed by atoms with Crippen molar-refractivity contribution in [2.45, 2.75) is 0 Å². The zero-order valence-corrected chi connectivity index (χ0v) is 7.54. The van der Waals surface area contributed by atoms with Crippen LogP contribution < -0.4 is 10.5 Å². The number of ether oxygens (including phenoxy) is 1. The van der Waals surface area contributed by atoms with E-state index >= 15 is 0 Å². The van der Waals surface area contributed by atoms with Crippen LogP contribution in [0.1, 0.15) is 5.69 Å². The van der Waals surface area contributed by atoms with Gasteiger partial charge in [-0.15, -0.1) is 6.42 Å². The van der Waals surface area contributed by atoms with Gasteiger partial charge in [-0.3, -0.25) is 4.98 Å². The lowest BCUT2D eigenvalue weighted by atomic mass is 10.4. The number of terminal acetylenes is 1. The standard InChI is InChI=1S/C8H7N3OS/c1-2-3-12-7-5-10-4-6(11-7)8(9)13/h1,4-5H,3H2,(H2,9,13). The van der Waals surface area contributed by atoms with Crippen molar-refractivity contribution in [1.29, 1.82) is 0 Å². The minimum atomic E-state index is 0.148. The number of nitrogens with two attached hydrogens (primary N) is 1. The van der Waals surface area contributed by atoms with Crippen molar-refractivity contribution in [3.8, 4) is 18.2 Å². The normalized spacial score (nSPS) is 8.85. The summed E-state index contributed by atoms with van der Waals surface area (Å²) in [4.78, 5) is 7.98. The topological polar surface area (TPSA) is 61.0 Å². The summed E-state index contributed by atoms with van der Waals surface area (Å²) in [7, 11) is 0. The maximum absolute atomic E-state index is 5.34. The van der Waals surface area contributed by atoms with Crippen LogP contribution in [0, 0.1) is 12.3 Å². The lowest BCUT2D eigenvalue weighted by Gasteiger charge is -2.01. The molecule has 0 aliphatic rings. The van der Waals surface area contributed by atoms with Crippen LogP contribution in [-0.2, 0) is 0 Å². The summed E-state index contributed by atoms with van der Waals surface area (Å²) in [6.07, 6.45) is 7.91. The molecule has 0 spiro atoms. The van der Waals surface area contributed by atoms with Gasteiger partial charge in [-0.25, -0.2) is 4.98 Å². The van der Waals surface area contributed by atoms with Gasteiger partial charge in [-0.05, 0) is 0 Å². The highest BCUT2D eigenvalue weighted by molar-refractivity contribution is 7.80. The molecule has 1 heterocycles. The Bertz CT molecular complexity index is 359. The maximum atomic E-state index is 5.34. The van der Waals surface area contributed by atoms with Crippen molar-refractivity contribution < 1.29 is 4.74 Å². The zero-order valence-electron chi connectivity index (χ0n) is 6.73. The van der Waals surface area contributed by atoms with E-state index in [-0.39, 0.29) is 11.6 Å². The third kappa shape index (κ3) is 2.69.